The summed E-state index contributed by atoms with van der Waals surface area (Å²) >= 11 is 0. The number of rotatable bonds is 4. The molecule has 0 fully saturated rings. The zero-order valence-electron chi connectivity index (χ0n) is 11.2. The smallest absolute Gasteiger partial charge is 0.278 e. The highest BCUT2D eigenvalue weighted by molar-refractivity contribution is 5.83. The molecule has 0 aliphatic rings. The molecule has 0 saturated heterocycles. The second-order valence-electron chi connectivity index (χ2n) is 4.24. The molecule has 0 aliphatic heterocycles. The molecule has 4 nitrogen and oxygen atoms in total. The van der Waals surface area contributed by atoms with Crippen molar-refractivity contribution in [2.24, 2.45) is 5.18 Å². The maximum absolute atomic E-state index is 10.1. The number of nitrogens with one attached hydrogen (secondary N) is 1. The van der Waals surface area contributed by atoms with Gasteiger partial charge < -0.3 is 0 Å². The van der Waals surface area contributed by atoms with E-state index in [0.717, 1.165) is 22.3 Å². The molecule has 2 rings (SSSR count). The van der Waals surface area contributed by atoms with Crippen LogP contribution >= 0.6 is 0 Å². The number of pyridine rings is 1. The molecule has 0 bridgehead atoms. The summed E-state index contributed by atoms with van der Waals surface area (Å²) < 4.78 is 0. The minimum absolute atomic E-state index is 0.634. The Morgan fingerprint density at radius 1 is 1.25 bits per heavy atom. The van der Waals surface area contributed by atoms with E-state index in [1.165, 1.54) is 6.20 Å². The molecule has 0 saturated carbocycles. The van der Waals surface area contributed by atoms with Gasteiger partial charge in [0.05, 0.1) is 18.0 Å². The number of aromatic nitrogens is 1. The first-order chi connectivity index (χ1) is 9.76. The summed E-state index contributed by atoms with van der Waals surface area (Å²) in [6, 6.07) is 11.7. The van der Waals surface area contributed by atoms with Gasteiger partial charge in [-0.05, 0) is 47.0 Å². The molecule has 3 N–H and O–H groups in total. The topological polar surface area (TPSA) is 69.6 Å². The molecule has 1 aromatic carbocycles. The fourth-order valence-electron chi connectivity index (χ4n) is 2.05. The van der Waals surface area contributed by atoms with Gasteiger partial charge in [-0.3, -0.25) is 5.73 Å². The monoisotopic (exact) mass is 266 g/mol. The number of nitrogens with zero attached hydrogens (tertiary/aromatic N) is 1. The molecule has 1 aromatic heterocycles. The predicted molar refractivity (Wildman–Crippen MR) is 81.4 cm³/mol. The van der Waals surface area contributed by atoms with E-state index in [-0.39, 0.29) is 0 Å². The number of benzene rings is 1. The predicted octanol–water partition coefficient (Wildman–Crippen LogP) is 3.27. The first-order valence-corrected chi connectivity index (χ1v) is 6.28. The van der Waals surface area contributed by atoms with Crippen LogP contribution < -0.4 is 10.7 Å². The molecule has 20 heavy (non-hydrogen) atoms. The number of nitroso groups, excluding NO2 is 1. The highest BCUT2D eigenvalue weighted by Gasteiger charge is 2.10. The largest absolute Gasteiger partial charge is 0.287 e. The molecule has 2 aromatic rings. The summed E-state index contributed by atoms with van der Waals surface area (Å²) in [5, 5.41) is 2.70. The highest BCUT2D eigenvalue weighted by atomic mass is 16.2. The van der Waals surface area contributed by atoms with Crippen LogP contribution in [0.4, 0.5) is 5.82 Å². The number of hydrogen-bond acceptors (Lipinski definition) is 3. The SMILES string of the molecule is C/C=C(\c1ccc(/C=C/N=O)cc1)c1ccc[nH+]c1N. The summed E-state index contributed by atoms with van der Waals surface area (Å²) in [5.41, 5.74) is 9.99. The van der Waals surface area contributed by atoms with Crippen LogP contribution in [-0.2, 0) is 0 Å². The third-order valence-corrected chi connectivity index (χ3v) is 3.02. The molecule has 4 heteroatoms. The Kier molecular flexibility index (Phi) is 4.39. The Morgan fingerprint density at radius 3 is 2.60 bits per heavy atom. The molecule has 0 atom stereocenters. The Labute approximate surface area is 117 Å². The average Bonchev–Trinajstić information content (AvgIpc) is 2.49. The molecular weight excluding hydrogens is 250 g/mol. The van der Waals surface area contributed by atoms with Gasteiger partial charge in [-0.1, -0.05) is 30.3 Å². The van der Waals surface area contributed by atoms with Crippen LogP contribution in [0.15, 0.2) is 60.0 Å². The van der Waals surface area contributed by atoms with Crippen molar-refractivity contribution in [1.29, 1.82) is 0 Å². The van der Waals surface area contributed by atoms with Crippen LogP contribution in [0, 0.1) is 4.91 Å². The van der Waals surface area contributed by atoms with Gasteiger partial charge in [-0.25, -0.2) is 4.98 Å². The number of nitrogens with two attached hydrogens (primary N) is 1. The van der Waals surface area contributed by atoms with Crippen LogP contribution in [0.1, 0.15) is 23.6 Å². The summed E-state index contributed by atoms with van der Waals surface area (Å²) in [5.74, 6) is 0.634. The van der Waals surface area contributed by atoms with Crippen molar-refractivity contribution < 1.29 is 4.98 Å². The lowest BCUT2D eigenvalue weighted by Gasteiger charge is -2.07. The van der Waals surface area contributed by atoms with Crippen LogP contribution in [0.3, 0.4) is 0 Å². The number of anilines is 1. The van der Waals surface area contributed by atoms with E-state index in [1.807, 2.05) is 49.4 Å². The maximum atomic E-state index is 10.1. The second kappa shape index (κ2) is 6.43. The van der Waals surface area contributed by atoms with Crippen LogP contribution in [0.5, 0.6) is 0 Å². The fraction of sp³-hybridized carbons (Fsp3) is 0.0625. The minimum atomic E-state index is 0.634. The quantitative estimate of drug-likeness (QED) is 0.863. The van der Waals surface area contributed by atoms with Crippen molar-refractivity contribution in [3.8, 4) is 0 Å². The summed E-state index contributed by atoms with van der Waals surface area (Å²) in [6.07, 6.45) is 6.72. The average molecular weight is 266 g/mol. The third kappa shape index (κ3) is 2.98. The third-order valence-electron chi connectivity index (χ3n) is 3.02. The van der Waals surface area contributed by atoms with E-state index in [0.29, 0.717) is 5.82 Å². The van der Waals surface area contributed by atoms with E-state index in [9.17, 15) is 4.91 Å². The molecule has 0 unspecified atom stereocenters. The zero-order valence-corrected chi connectivity index (χ0v) is 11.2. The molecule has 0 amide bonds. The van der Waals surface area contributed by atoms with E-state index >= 15 is 0 Å². The van der Waals surface area contributed by atoms with Crippen molar-refractivity contribution >= 4 is 17.5 Å². The van der Waals surface area contributed by atoms with Gasteiger partial charge in [0.15, 0.2) is 0 Å². The summed E-state index contributed by atoms with van der Waals surface area (Å²) in [4.78, 5) is 13.1. The van der Waals surface area contributed by atoms with Crippen LogP contribution in [-0.4, -0.2) is 0 Å². The van der Waals surface area contributed by atoms with E-state index in [4.69, 9.17) is 5.73 Å². The zero-order chi connectivity index (χ0) is 14.4. The molecule has 0 spiro atoms. The lowest BCUT2D eigenvalue weighted by molar-refractivity contribution is -0.360. The molecule has 0 radical (unpaired) electrons. The van der Waals surface area contributed by atoms with Gasteiger partial charge in [0.1, 0.15) is 0 Å². The number of allylic oxidation sites excluding steroid dienone is 1. The molecule has 1 heterocycles. The molecule has 100 valence electrons. The minimum Gasteiger partial charge on any atom is -0.287 e. The van der Waals surface area contributed by atoms with Crippen molar-refractivity contribution in [2.45, 2.75) is 6.92 Å². The Bertz CT molecular complexity index is 658. The lowest BCUT2D eigenvalue weighted by atomic mass is 9.97. The molecular formula is C16H16N3O+. The number of nitrogen functional groups attached to an aromatic ring is 1. The van der Waals surface area contributed by atoms with E-state index in [2.05, 4.69) is 10.2 Å². The lowest BCUT2D eigenvalue weighted by Crippen LogP contribution is -2.11. The van der Waals surface area contributed by atoms with Gasteiger partial charge in [0.25, 0.3) is 5.82 Å². The normalized spacial score (nSPS) is 11.8. The summed E-state index contributed by atoms with van der Waals surface area (Å²) in [6.45, 7) is 1.98. The Hall–Kier alpha value is -2.75. The first-order valence-electron chi connectivity index (χ1n) is 6.28. The van der Waals surface area contributed by atoms with Crippen molar-refractivity contribution in [3.05, 3.63) is 76.5 Å². The fourth-order valence-corrected chi connectivity index (χ4v) is 2.05. The van der Waals surface area contributed by atoms with Gasteiger partial charge >= 0.3 is 0 Å². The van der Waals surface area contributed by atoms with Gasteiger partial charge in [-0.2, -0.15) is 0 Å². The first kappa shape index (κ1) is 13.7. The standard InChI is InChI=1S/C16H15N3O/c1-2-14(15-4-3-10-18-16(15)17)13-7-5-12(6-8-13)9-11-19-20/h2-11H,1H3,(H2,17,18)/p+1/b11-9+,14-2+. The highest BCUT2D eigenvalue weighted by Crippen LogP contribution is 2.25. The Morgan fingerprint density at radius 2 is 2.00 bits per heavy atom. The maximum Gasteiger partial charge on any atom is 0.278 e. The van der Waals surface area contributed by atoms with Crippen molar-refractivity contribution in [2.75, 3.05) is 5.73 Å². The van der Waals surface area contributed by atoms with E-state index in [1.54, 1.807) is 12.3 Å². The van der Waals surface area contributed by atoms with Gasteiger partial charge in [0.2, 0.25) is 0 Å². The number of H-pyrrole nitrogens is 1. The number of aromatic amines is 1. The second-order valence-corrected chi connectivity index (χ2v) is 4.24. The van der Waals surface area contributed by atoms with Crippen molar-refractivity contribution in [3.63, 3.8) is 0 Å². The van der Waals surface area contributed by atoms with Crippen molar-refractivity contribution in [1.82, 2.24) is 0 Å². The summed E-state index contributed by atoms with van der Waals surface area (Å²) in [7, 11) is 0. The van der Waals surface area contributed by atoms with Gasteiger partial charge in [0, 0.05) is 0 Å². The Balaban J connectivity index is 2.36. The molecule has 0 aliphatic carbocycles. The number of hydrogen-bond donors (Lipinski definition) is 1. The van der Waals surface area contributed by atoms with Crippen LogP contribution in [0.25, 0.3) is 11.6 Å². The van der Waals surface area contributed by atoms with Crippen LogP contribution in [0.2, 0.25) is 0 Å². The van der Waals surface area contributed by atoms with Gasteiger partial charge in [-0.15, -0.1) is 4.91 Å². The van der Waals surface area contributed by atoms with E-state index < -0.39 is 0 Å².